The molecule has 2 atom stereocenters. The molecule has 7 heteroatoms. The Hall–Kier alpha value is -3.32. The van der Waals surface area contributed by atoms with Gasteiger partial charge in [0.25, 0.3) is 0 Å². The minimum Gasteiger partial charge on any atom is -0.508 e. The Kier molecular flexibility index (Phi) is 6.23. The number of aromatic nitrogens is 2. The van der Waals surface area contributed by atoms with Crippen molar-refractivity contribution in [2.75, 3.05) is 20.6 Å². The predicted octanol–water partition coefficient (Wildman–Crippen LogP) is 3.47. The number of fused-ring (bicyclic) bond motifs is 1. The summed E-state index contributed by atoms with van der Waals surface area (Å²) in [7, 11) is 3.93. The van der Waals surface area contributed by atoms with Gasteiger partial charge in [0, 0.05) is 25.1 Å². The van der Waals surface area contributed by atoms with Gasteiger partial charge >= 0.3 is 0 Å². The van der Waals surface area contributed by atoms with Crippen molar-refractivity contribution in [1.82, 2.24) is 20.4 Å². The molecule has 0 saturated heterocycles. The van der Waals surface area contributed by atoms with Crippen molar-refractivity contribution >= 4 is 16.8 Å². The molecule has 1 aliphatic rings. The van der Waals surface area contributed by atoms with E-state index in [1.54, 1.807) is 24.4 Å². The highest BCUT2D eigenvalue weighted by atomic mass is 16.5. The fraction of sp³-hybridized carbons (Fsp3) is 0.333. The Morgan fingerprint density at radius 1 is 1.26 bits per heavy atom. The van der Waals surface area contributed by atoms with Gasteiger partial charge in [-0.15, -0.1) is 0 Å². The quantitative estimate of drug-likeness (QED) is 0.509. The lowest BCUT2D eigenvalue weighted by Crippen LogP contribution is -2.32. The van der Waals surface area contributed by atoms with Gasteiger partial charge in [0.15, 0.2) is 0 Å². The summed E-state index contributed by atoms with van der Waals surface area (Å²) in [6.07, 6.45) is 7.82. The molecule has 1 aliphatic carbocycles. The number of nitrogens with zero attached hydrogens (tertiary/aromatic N) is 2. The second kappa shape index (κ2) is 9.22. The molecule has 3 aromatic rings. The van der Waals surface area contributed by atoms with Crippen molar-refractivity contribution < 1.29 is 14.6 Å². The van der Waals surface area contributed by atoms with Crippen LogP contribution in [0.5, 0.6) is 11.5 Å². The lowest BCUT2D eigenvalue weighted by Gasteiger charge is -2.16. The number of carbonyl (C=O) groups excluding carboxylic acids is 1. The smallest absolute Gasteiger partial charge is 0.243 e. The lowest BCUT2D eigenvalue weighted by atomic mass is 10.0. The maximum atomic E-state index is 12.1. The van der Waals surface area contributed by atoms with Crippen LogP contribution in [0, 0.1) is 0 Å². The number of phenols is 1. The van der Waals surface area contributed by atoms with Gasteiger partial charge in [-0.05, 0) is 62.3 Å². The zero-order chi connectivity index (χ0) is 21.8. The normalized spacial score (nSPS) is 18.8. The zero-order valence-corrected chi connectivity index (χ0v) is 17.8. The van der Waals surface area contributed by atoms with E-state index in [-0.39, 0.29) is 23.8 Å². The van der Waals surface area contributed by atoms with Crippen molar-refractivity contribution in [1.29, 1.82) is 0 Å². The number of benzene rings is 2. The largest absolute Gasteiger partial charge is 0.508 e. The van der Waals surface area contributed by atoms with Crippen LogP contribution in [-0.4, -0.2) is 58.9 Å². The second-order valence-corrected chi connectivity index (χ2v) is 8.28. The molecular weight excluding hydrogens is 392 g/mol. The molecular formula is C24H28N4O3. The summed E-state index contributed by atoms with van der Waals surface area (Å²) in [6, 6.07) is 11.2. The van der Waals surface area contributed by atoms with Crippen molar-refractivity contribution in [3.05, 3.63) is 54.7 Å². The first-order chi connectivity index (χ1) is 15.0. The molecule has 1 saturated carbocycles. The van der Waals surface area contributed by atoms with E-state index >= 15 is 0 Å². The molecule has 0 radical (unpaired) electrons. The van der Waals surface area contributed by atoms with Crippen LogP contribution in [0.1, 0.15) is 19.3 Å². The first-order valence-electron chi connectivity index (χ1n) is 10.5. The molecule has 162 valence electrons. The maximum absolute atomic E-state index is 12.1. The Balaban J connectivity index is 1.44. The standard InChI is InChI=1S/C24H28N4O3/c1-28(2)11-3-4-24(30)26-18-7-10-20(14-18)31-23-13-17(12-22-21(23)15-25-27-22)16-5-8-19(29)9-6-16/h3-6,8-9,12-13,15,18,20,29H,7,10-11,14H2,1-2H3,(H,25,27)(H,26,30)/b4-3+/t18-,20-/m0/s1. The van der Waals surface area contributed by atoms with Crippen LogP contribution in [0.25, 0.3) is 22.0 Å². The summed E-state index contributed by atoms with van der Waals surface area (Å²) in [4.78, 5) is 14.1. The van der Waals surface area contributed by atoms with Crippen molar-refractivity contribution in [3.8, 4) is 22.6 Å². The van der Waals surface area contributed by atoms with Crippen molar-refractivity contribution in [2.24, 2.45) is 0 Å². The number of ether oxygens (including phenoxy) is 1. The van der Waals surface area contributed by atoms with E-state index in [9.17, 15) is 9.90 Å². The van der Waals surface area contributed by atoms with Gasteiger partial charge in [0.05, 0.1) is 17.1 Å². The summed E-state index contributed by atoms with van der Waals surface area (Å²) in [6.45, 7) is 0.738. The molecule has 1 amide bonds. The number of aromatic hydroxyl groups is 1. The van der Waals surface area contributed by atoms with Crippen molar-refractivity contribution in [2.45, 2.75) is 31.4 Å². The van der Waals surface area contributed by atoms with Crippen LogP contribution in [0.4, 0.5) is 0 Å². The van der Waals surface area contributed by atoms with E-state index in [0.29, 0.717) is 0 Å². The average Bonchev–Trinajstić information content (AvgIpc) is 3.37. The maximum Gasteiger partial charge on any atom is 0.243 e. The van der Waals surface area contributed by atoms with E-state index in [2.05, 4.69) is 15.5 Å². The van der Waals surface area contributed by atoms with Crippen LogP contribution in [0.15, 0.2) is 54.7 Å². The molecule has 2 aromatic carbocycles. The number of hydrogen-bond acceptors (Lipinski definition) is 5. The number of aromatic amines is 1. The molecule has 1 aromatic heterocycles. The molecule has 0 aliphatic heterocycles. The minimum absolute atomic E-state index is 0.0317. The third-order valence-corrected chi connectivity index (χ3v) is 5.49. The summed E-state index contributed by atoms with van der Waals surface area (Å²) in [5, 5.41) is 20.8. The predicted molar refractivity (Wildman–Crippen MR) is 121 cm³/mol. The van der Waals surface area contributed by atoms with E-state index in [1.807, 2.05) is 49.3 Å². The number of rotatable bonds is 7. The number of likely N-dealkylation sites (N-methyl/N-ethyl adjacent to an activating group) is 1. The Labute approximate surface area is 181 Å². The third kappa shape index (κ3) is 5.24. The first kappa shape index (κ1) is 20.9. The summed E-state index contributed by atoms with van der Waals surface area (Å²) in [5.74, 6) is 0.953. The molecule has 0 unspecified atom stereocenters. The summed E-state index contributed by atoms with van der Waals surface area (Å²) < 4.78 is 6.37. The van der Waals surface area contributed by atoms with Crippen LogP contribution < -0.4 is 10.1 Å². The van der Waals surface area contributed by atoms with E-state index in [4.69, 9.17) is 4.74 Å². The third-order valence-electron chi connectivity index (χ3n) is 5.49. The summed E-state index contributed by atoms with van der Waals surface area (Å²) >= 11 is 0. The number of phenolic OH excluding ortho intramolecular Hbond substituents is 1. The summed E-state index contributed by atoms with van der Waals surface area (Å²) in [5.41, 5.74) is 2.87. The van der Waals surface area contributed by atoms with Gasteiger partial charge in [-0.1, -0.05) is 18.2 Å². The van der Waals surface area contributed by atoms with E-state index in [0.717, 1.165) is 53.6 Å². The fourth-order valence-corrected chi connectivity index (χ4v) is 3.91. The highest BCUT2D eigenvalue weighted by Crippen LogP contribution is 2.34. The SMILES string of the molecule is CN(C)C/C=C/C(=O)N[C@H]1CC[C@H](Oc2cc(-c3ccc(O)cc3)cc3[nH]ncc23)C1. The molecule has 31 heavy (non-hydrogen) atoms. The van der Waals surface area contributed by atoms with Gasteiger partial charge in [0.1, 0.15) is 17.6 Å². The average molecular weight is 421 g/mol. The van der Waals surface area contributed by atoms with Gasteiger partial charge in [-0.25, -0.2) is 0 Å². The highest BCUT2D eigenvalue weighted by Gasteiger charge is 2.27. The number of carbonyl (C=O) groups is 1. The minimum atomic E-state index is -0.0564. The van der Waals surface area contributed by atoms with Gasteiger partial charge in [-0.2, -0.15) is 5.10 Å². The number of nitrogens with one attached hydrogen (secondary N) is 2. The Bertz CT molecular complexity index is 1070. The topological polar surface area (TPSA) is 90.5 Å². The van der Waals surface area contributed by atoms with Gasteiger partial charge in [0.2, 0.25) is 5.91 Å². The number of H-pyrrole nitrogens is 1. The van der Waals surface area contributed by atoms with Crippen LogP contribution >= 0.6 is 0 Å². The molecule has 1 fully saturated rings. The van der Waals surface area contributed by atoms with Crippen LogP contribution in [0.3, 0.4) is 0 Å². The molecule has 0 spiro atoms. The molecule has 7 nitrogen and oxygen atoms in total. The number of amides is 1. The second-order valence-electron chi connectivity index (χ2n) is 8.28. The molecule has 4 rings (SSSR count). The van der Waals surface area contributed by atoms with Gasteiger partial charge < -0.3 is 20.1 Å². The highest BCUT2D eigenvalue weighted by molar-refractivity contribution is 5.90. The first-order valence-corrected chi connectivity index (χ1v) is 10.5. The van der Waals surface area contributed by atoms with Crippen molar-refractivity contribution in [3.63, 3.8) is 0 Å². The van der Waals surface area contributed by atoms with E-state index < -0.39 is 0 Å². The fourth-order valence-electron chi connectivity index (χ4n) is 3.91. The van der Waals surface area contributed by atoms with Crippen LogP contribution in [0.2, 0.25) is 0 Å². The molecule has 3 N–H and O–H groups in total. The molecule has 1 heterocycles. The lowest BCUT2D eigenvalue weighted by molar-refractivity contribution is -0.117. The van der Waals surface area contributed by atoms with E-state index in [1.165, 1.54) is 0 Å². The zero-order valence-electron chi connectivity index (χ0n) is 17.8. The van der Waals surface area contributed by atoms with Crippen LogP contribution in [-0.2, 0) is 4.79 Å². The number of hydrogen-bond donors (Lipinski definition) is 3. The Morgan fingerprint density at radius 3 is 2.84 bits per heavy atom. The van der Waals surface area contributed by atoms with Gasteiger partial charge in [-0.3, -0.25) is 9.89 Å². The monoisotopic (exact) mass is 420 g/mol. The Morgan fingerprint density at radius 2 is 2.06 bits per heavy atom. The molecule has 0 bridgehead atoms.